The first kappa shape index (κ1) is 24.9. The van der Waals surface area contributed by atoms with Crippen LogP contribution in [0.15, 0.2) is 0 Å². The lowest BCUT2D eigenvalue weighted by molar-refractivity contribution is -0.186. The van der Waals surface area contributed by atoms with Crippen molar-refractivity contribution in [3.8, 4) is 0 Å². The SMILES string of the molecule is CCCCCCCCCCCCCCCCCC(OC(C)=O)OC(C)=O. The molecule has 0 aliphatic rings. The Morgan fingerprint density at radius 1 is 0.577 bits per heavy atom. The molecule has 0 spiro atoms. The molecule has 0 N–H and O–H groups in total. The molecule has 0 bridgehead atoms. The van der Waals surface area contributed by atoms with Gasteiger partial charge in [-0.3, -0.25) is 9.59 Å². The summed E-state index contributed by atoms with van der Waals surface area (Å²) in [5.74, 6) is -0.811. The fraction of sp³-hybridized carbons (Fsp3) is 0.909. The molecule has 0 aliphatic carbocycles. The molecule has 0 atom stereocenters. The molecular weight excluding hydrogens is 328 g/mol. The van der Waals surface area contributed by atoms with Crippen molar-refractivity contribution in [1.29, 1.82) is 0 Å². The summed E-state index contributed by atoms with van der Waals surface area (Å²) in [4.78, 5) is 22.0. The van der Waals surface area contributed by atoms with Crippen LogP contribution in [0.25, 0.3) is 0 Å². The van der Waals surface area contributed by atoms with E-state index in [4.69, 9.17) is 9.47 Å². The minimum Gasteiger partial charge on any atom is -0.425 e. The van der Waals surface area contributed by atoms with Crippen LogP contribution in [0.1, 0.15) is 124 Å². The first-order valence-corrected chi connectivity index (χ1v) is 10.9. The highest BCUT2D eigenvalue weighted by Crippen LogP contribution is 2.15. The molecule has 0 fully saturated rings. The third-order valence-electron chi connectivity index (χ3n) is 4.64. The average Bonchev–Trinajstić information content (AvgIpc) is 2.57. The minimum absolute atomic E-state index is 0.405. The van der Waals surface area contributed by atoms with Gasteiger partial charge in [0.2, 0.25) is 6.29 Å². The molecule has 0 amide bonds. The van der Waals surface area contributed by atoms with E-state index in [-0.39, 0.29) is 0 Å². The van der Waals surface area contributed by atoms with Gasteiger partial charge < -0.3 is 9.47 Å². The maximum Gasteiger partial charge on any atom is 0.305 e. The van der Waals surface area contributed by atoms with E-state index >= 15 is 0 Å². The highest BCUT2D eigenvalue weighted by molar-refractivity contribution is 5.68. The second-order valence-corrected chi connectivity index (χ2v) is 7.39. The van der Waals surface area contributed by atoms with Crippen LogP contribution in [0.5, 0.6) is 0 Å². The van der Waals surface area contributed by atoms with Crippen molar-refractivity contribution in [2.24, 2.45) is 0 Å². The Balaban J connectivity index is 3.34. The van der Waals surface area contributed by atoms with Crippen LogP contribution >= 0.6 is 0 Å². The van der Waals surface area contributed by atoms with Crippen LogP contribution in [-0.4, -0.2) is 18.2 Å². The van der Waals surface area contributed by atoms with Crippen LogP contribution in [0.4, 0.5) is 0 Å². The van der Waals surface area contributed by atoms with Gasteiger partial charge in [0.25, 0.3) is 0 Å². The third-order valence-corrected chi connectivity index (χ3v) is 4.64. The zero-order chi connectivity index (χ0) is 19.5. The smallest absolute Gasteiger partial charge is 0.305 e. The Kier molecular flexibility index (Phi) is 18.0. The Bertz CT molecular complexity index is 325. The van der Waals surface area contributed by atoms with E-state index in [0.717, 1.165) is 12.8 Å². The molecule has 154 valence electrons. The number of hydrogen-bond acceptors (Lipinski definition) is 4. The van der Waals surface area contributed by atoms with Crippen molar-refractivity contribution < 1.29 is 19.1 Å². The fourth-order valence-electron chi connectivity index (χ4n) is 3.19. The summed E-state index contributed by atoms with van der Waals surface area (Å²) in [5, 5.41) is 0. The van der Waals surface area contributed by atoms with E-state index in [0.29, 0.717) is 6.42 Å². The molecule has 0 saturated carbocycles. The van der Waals surface area contributed by atoms with Crippen molar-refractivity contribution in [2.75, 3.05) is 0 Å². The second kappa shape index (κ2) is 18.7. The summed E-state index contributed by atoms with van der Waals surface area (Å²) in [6.07, 6.45) is 19.6. The molecule has 0 aromatic heterocycles. The van der Waals surface area contributed by atoms with Crippen molar-refractivity contribution in [3.63, 3.8) is 0 Å². The summed E-state index contributed by atoms with van der Waals surface area (Å²) in [5.41, 5.74) is 0. The molecule has 0 aromatic carbocycles. The quantitative estimate of drug-likeness (QED) is 0.153. The van der Waals surface area contributed by atoms with Crippen molar-refractivity contribution in [1.82, 2.24) is 0 Å². The lowest BCUT2D eigenvalue weighted by atomic mass is 10.0. The normalized spacial score (nSPS) is 10.9. The summed E-state index contributed by atoms with van der Waals surface area (Å²) >= 11 is 0. The standard InChI is InChI=1S/C22H42O4/c1-4-5-6-7-8-9-10-11-12-13-14-15-16-17-18-19-22(25-20(2)23)26-21(3)24/h22H,4-19H2,1-3H3. The van der Waals surface area contributed by atoms with Gasteiger partial charge in [0, 0.05) is 20.3 Å². The Labute approximate surface area is 161 Å². The van der Waals surface area contributed by atoms with Gasteiger partial charge in [-0.1, -0.05) is 96.8 Å². The predicted octanol–water partition coefficient (Wildman–Crippen LogP) is 6.70. The number of hydrogen-bond donors (Lipinski definition) is 0. The summed E-state index contributed by atoms with van der Waals surface area (Å²) in [7, 11) is 0. The second-order valence-electron chi connectivity index (χ2n) is 7.39. The molecule has 0 unspecified atom stereocenters. The zero-order valence-corrected chi connectivity index (χ0v) is 17.5. The maximum atomic E-state index is 11.0. The van der Waals surface area contributed by atoms with Crippen LogP contribution in [0.2, 0.25) is 0 Å². The Morgan fingerprint density at radius 3 is 1.19 bits per heavy atom. The lowest BCUT2D eigenvalue weighted by Crippen LogP contribution is -2.22. The van der Waals surface area contributed by atoms with Crippen molar-refractivity contribution in [3.05, 3.63) is 0 Å². The molecule has 4 nitrogen and oxygen atoms in total. The Hall–Kier alpha value is -1.06. The van der Waals surface area contributed by atoms with E-state index in [9.17, 15) is 9.59 Å². The van der Waals surface area contributed by atoms with Crippen molar-refractivity contribution >= 4 is 11.9 Å². The monoisotopic (exact) mass is 370 g/mol. The average molecular weight is 371 g/mol. The van der Waals surface area contributed by atoms with Gasteiger partial charge in [-0.2, -0.15) is 0 Å². The van der Waals surface area contributed by atoms with Gasteiger partial charge in [-0.25, -0.2) is 0 Å². The zero-order valence-electron chi connectivity index (χ0n) is 17.5. The van der Waals surface area contributed by atoms with Crippen LogP contribution in [0, 0.1) is 0 Å². The number of esters is 2. The van der Waals surface area contributed by atoms with E-state index in [1.54, 1.807) is 0 Å². The molecule has 26 heavy (non-hydrogen) atoms. The van der Waals surface area contributed by atoms with E-state index in [2.05, 4.69) is 6.92 Å². The number of unbranched alkanes of at least 4 members (excludes halogenated alkanes) is 14. The molecule has 4 heteroatoms. The molecule has 0 rings (SSSR count). The Morgan fingerprint density at radius 2 is 0.885 bits per heavy atom. The topological polar surface area (TPSA) is 52.6 Å². The molecular formula is C22H42O4. The number of carbonyl (C=O) groups excluding carboxylic acids is 2. The van der Waals surface area contributed by atoms with Crippen LogP contribution in [0.3, 0.4) is 0 Å². The highest BCUT2D eigenvalue weighted by atomic mass is 16.7. The van der Waals surface area contributed by atoms with Crippen LogP contribution < -0.4 is 0 Å². The number of ether oxygens (including phenoxy) is 2. The van der Waals surface area contributed by atoms with E-state index in [1.165, 1.54) is 97.3 Å². The fourth-order valence-corrected chi connectivity index (χ4v) is 3.19. The van der Waals surface area contributed by atoms with Gasteiger partial charge in [-0.05, 0) is 6.42 Å². The van der Waals surface area contributed by atoms with Gasteiger partial charge in [-0.15, -0.1) is 0 Å². The van der Waals surface area contributed by atoms with E-state index in [1.807, 2.05) is 0 Å². The molecule has 0 aliphatic heterocycles. The lowest BCUT2D eigenvalue weighted by Gasteiger charge is -2.16. The largest absolute Gasteiger partial charge is 0.425 e. The molecule has 0 radical (unpaired) electrons. The molecule has 0 aromatic rings. The number of carbonyl (C=O) groups is 2. The molecule has 0 saturated heterocycles. The summed E-state index contributed by atoms with van der Waals surface area (Å²) < 4.78 is 10.00. The first-order chi connectivity index (χ1) is 12.6. The van der Waals surface area contributed by atoms with Crippen LogP contribution in [-0.2, 0) is 19.1 Å². The van der Waals surface area contributed by atoms with E-state index < -0.39 is 18.2 Å². The summed E-state index contributed by atoms with van der Waals surface area (Å²) in [6, 6.07) is 0. The van der Waals surface area contributed by atoms with Gasteiger partial charge in [0.1, 0.15) is 0 Å². The van der Waals surface area contributed by atoms with Gasteiger partial charge in [0.15, 0.2) is 0 Å². The third kappa shape index (κ3) is 19.3. The summed E-state index contributed by atoms with van der Waals surface area (Å²) in [6.45, 7) is 4.94. The predicted molar refractivity (Wildman–Crippen MR) is 107 cm³/mol. The number of rotatable bonds is 18. The van der Waals surface area contributed by atoms with Crippen molar-refractivity contribution in [2.45, 2.75) is 130 Å². The van der Waals surface area contributed by atoms with Gasteiger partial charge >= 0.3 is 11.9 Å². The maximum absolute atomic E-state index is 11.0. The highest BCUT2D eigenvalue weighted by Gasteiger charge is 2.14. The first-order valence-electron chi connectivity index (χ1n) is 10.9. The van der Waals surface area contributed by atoms with Gasteiger partial charge in [0.05, 0.1) is 0 Å². The molecule has 0 heterocycles. The minimum atomic E-state index is -0.716.